The monoisotopic (exact) mass is 286 g/mol. The molecule has 1 saturated heterocycles. The van der Waals surface area contributed by atoms with Crippen LogP contribution in [0.5, 0.6) is 0 Å². The van der Waals surface area contributed by atoms with Gasteiger partial charge in [0.25, 0.3) is 5.91 Å². The molecule has 1 atom stereocenters. The number of piperazine rings is 1. The molecule has 1 aromatic rings. The van der Waals surface area contributed by atoms with Gasteiger partial charge in [-0.1, -0.05) is 6.07 Å². The van der Waals surface area contributed by atoms with Crippen LogP contribution in [0.15, 0.2) is 24.3 Å². The Bertz CT molecular complexity index is 543. The van der Waals surface area contributed by atoms with E-state index in [1.807, 2.05) is 0 Å². The Morgan fingerprint density at radius 3 is 2.75 bits per heavy atom. The van der Waals surface area contributed by atoms with Crippen molar-refractivity contribution in [2.45, 2.75) is 19.1 Å². The van der Waals surface area contributed by atoms with Gasteiger partial charge < -0.3 is 10.2 Å². The number of alkyl halides is 3. The van der Waals surface area contributed by atoms with Crippen molar-refractivity contribution in [3.05, 3.63) is 35.4 Å². The average molecular weight is 286 g/mol. The maximum atomic E-state index is 12.6. The SMILES string of the molecule is C[C@H]1C(=O)NCCN1C(=O)c1cccc(C(F)(F)F)c1. The summed E-state index contributed by atoms with van der Waals surface area (Å²) < 4.78 is 37.9. The van der Waals surface area contributed by atoms with E-state index < -0.39 is 23.7 Å². The van der Waals surface area contributed by atoms with Gasteiger partial charge in [-0.15, -0.1) is 0 Å². The first-order valence-corrected chi connectivity index (χ1v) is 6.06. The maximum absolute atomic E-state index is 12.6. The fourth-order valence-electron chi connectivity index (χ4n) is 2.05. The molecule has 1 fully saturated rings. The van der Waals surface area contributed by atoms with E-state index in [0.717, 1.165) is 12.1 Å². The minimum atomic E-state index is -4.50. The maximum Gasteiger partial charge on any atom is 0.416 e. The van der Waals surface area contributed by atoms with Crippen LogP contribution in [0.4, 0.5) is 13.2 Å². The smallest absolute Gasteiger partial charge is 0.353 e. The van der Waals surface area contributed by atoms with Crippen molar-refractivity contribution in [2.24, 2.45) is 0 Å². The lowest BCUT2D eigenvalue weighted by Gasteiger charge is -2.33. The second kappa shape index (κ2) is 5.15. The molecular weight excluding hydrogens is 273 g/mol. The molecule has 0 radical (unpaired) electrons. The van der Waals surface area contributed by atoms with E-state index >= 15 is 0 Å². The van der Waals surface area contributed by atoms with Crippen molar-refractivity contribution >= 4 is 11.8 Å². The van der Waals surface area contributed by atoms with Gasteiger partial charge in [-0.2, -0.15) is 13.2 Å². The normalized spacial score (nSPS) is 19.7. The molecule has 7 heteroatoms. The van der Waals surface area contributed by atoms with Crippen molar-refractivity contribution in [1.82, 2.24) is 10.2 Å². The largest absolute Gasteiger partial charge is 0.416 e. The predicted octanol–water partition coefficient (Wildman–Crippen LogP) is 1.67. The van der Waals surface area contributed by atoms with Crippen LogP contribution in [0, 0.1) is 0 Å². The number of amides is 2. The highest BCUT2D eigenvalue weighted by atomic mass is 19.4. The number of hydrogen-bond acceptors (Lipinski definition) is 2. The summed E-state index contributed by atoms with van der Waals surface area (Å²) in [4.78, 5) is 25.0. The van der Waals surface area contributed by atoms with Crippen LogP contribution in [-0.4, -0.2) is 35.8 Å². The fraction of sp³-hybridized carbons (Fsp3) is 0.385. The molecule has 2 amide bonds. The van der Waals surface area contributed by atoms with Gasteiger partial charge in [0.05, 0.1) is 5.56 Å². The molecule has 0 bridgehead atoms. The van der Waals surface area contributed by atoms with Gasteiger partial charge in [-0.3, -0.25) is 9.59 Å². The third-order valence-corrected chi connectivity index (χ3v) is 3.20. The molecule has 0 spiro atoms. The highest BCUT2D eigenvalue weighted by molar-refractivity contribution is 5.98. The van der Waals surface area contributed by atoms with Gasteiger partial charge in [-0.25, -0.2) is 0 Å². The molecule has 0 saturated carbocycles. The molecule has 108 valence electrons. The van der Waals surface area contributed by atoms with E-state index in [0.29, 0.717) is 6.54 Å². The third-order valence-electron chi connectivity index (χ3n) is 3.20. The molecule has 1 aromatic carbocycles. The molecule has 4 nitrogen and oxygen atoms in total. The number of benzene rings is 1. The van der Waals surface area contributed by atoms with E-state index in [9.17, 15) is 22.8 Å². The first-order valence-electron chi connectivity index (χ1n) is 6.06. The zero-order valence-electron chi connectivity index (χ0n) is 10.7. The Hall–Kier alpha value is -2.05. The van der Waals surface area contributed by atoms with Gasteiger partial charge in [0, 0.05) is 18.7 Å². The summed E-state index contributed by atoms with van der Waals surface area (Å²) in [6.07, 6.45) is -4.50. The van der Waals surface area contributed by atoms with Crippen LogP contribution >= 0.6 is 0 Å². The number of rotatable bonds is 1. The summed E-state index contributed by atoms with van der Waals surface area (Å²) in [5.41, 5.74) is -0.946. The molecule has 1 N–H and O–H groups in total. The standard InChI is InChI=1S/C13H13F3N2O2/c1-8-11(19)17-5-6-18(8)12(20)9-3-2-4-10(7-9)13(14,15)16/h2-4,7-8H,5-6H2,1H3,(H,17,19)/t8-/m0/s1. The summed E-state index contributed by atoms with van der Waals surface area (Å²) in [7, 11) is 0. The van der Waals surface area contributed by atoms with Crippen LogP contribution in [0.2, 0.25) is 0 Å². The average Bonchev–Trinajstić information content (AvgIpc) is 2.40. The van der Waals surface area contributed by atoms with E-state index in [2.05, 4.69) is 5.32 Å². The number of halogens is 3. The van der Waals surface area contributed by atoms with Gasteiger partial charge in [-0.05, 0) is 25.1 Å². The first-order chi connectivity index (χ1) is 9.30. The lowest BCUT2D eigenvalue weighted by atomic mass is 10.1. The molecule has 1 heterocycles. The van der Waals surface area contributed by atoms with Crippen molar-refractivity contribution in [2.75, 3.05) is 13.1 Å². The van der Waals surface area contributed by atoms with E-state index in [-0.39, 0.29) is 18.0 Å². The highest BCUT2D eigenvalue weighted by Gasteiger charge is 2.33. The van der Waals surface area contributed by atoms with Crippen molar-refractivity contribution in [1.29, 1.82) is 0 Å². The Morgan fingerprint density at radius 2 is 2.10 bits per heavy atom. The van der Waals surface area contributed by atoms with Crippen LogP contribution in [-0.2, 0) is 11.0 Å². The van der Waals surface area contributed by atoms with Gasteiger partial charge in [0.15, 0.2) is 0 Å². The molecule has 0 aromatic heterocycles. The minimum absolute atomic E-state index is 0.0682. The third kappa shape index (κ3) is 2.76. The van der Waals surface area contributed by atoms with Crippen LogP contribution in [0.25, 0.3) is 0 Å². The highest BCUT2D eigenvalue weighted by Crippen LogP contribution is 2.29. The molecule has 2 rings (SSSR count). The summed E-state index contributed by atoms with van der Waals surface area (Å²) in [6.45, 7) is 2.12. The Balaban J connectivity index is 2.27. The Labute approximate surface area is 113 Å². The number of carbonyl (C=O) groups excluding carboxylic acids is 2. The van der Waals surface area contributed by atoms with Crippen LogP contribution < -0.4 is 5.32 Å². The molecule has 1 aliphatic rings. The number of nitrogens with zero attached hydrogens (tertiary/aromatic N) is 1. The summed E-state index contributed by atoms with van der Waals surface area (Å²) >= 11 is 0. The summed E-state index contributed by atoms with van der Waals surface area (Å²) in [5.74, 6) is -0.880. The zero-order chi connectivity index (χ0) is 14.9. The van der Waals surface area contributed by atoms with Crippen molar-refractivity contribution < 1.29 is 22.8 Å². The van der Waals surface area contributed by atoms with Crippen LogP contribution in [0.1, 0.15) is 22.8 Å². The lowest BCUT2D eigenvalue weighted by molar-refractivity contribution is -0.137. The molecule has 0 unspecified atom stereocenters. The topological polar surface area (TPSA) is 49.4 Å². The van der Waals surface area contributed by atoms with Crippen molar-refractivity contribution in [3.63, 3.8) is 0 Å². The van der Waals surface area contributed by atoms with Gasteiger partial charge in [0.1, 0.15) is 6.04 Å². The molecule has 0 aliphatic carbocycles. The molecule has 1 aliphatic heterocycles. The molecular formula is C13H13F3N2O2. The number of nitrogens with one attached hydrogen (secondary N) is 1. The van der Waals surface area contributed by atoms with Crippen LogP contribution in [0.3, 0.4) is 0 Å². The van der Waals surface area contributed by atoms with E-state index in [4.69, 9.17) is 0 Å². The lowest BCUT2D eigenvalue weighted by Crippen LogP contribution is -2.55. The van der Waals surface area contributed by atoms with Gasteiger partial charge in [0.2, 0.25) is 5.91 Å². The zero-order valence-corrected chi connectivity index (χ0v) is 10.7. The second-order valence-corrected chi connectivity index (χ2v) is 4.54. The number of hydrogen-bond donors (Lipinski definition) is 1. The number of carbonyl (C=O) groups is 2. The second-order valence-electron chi connectivity index (χ2n) is 4.54. The molecule has 20 heavy (non-hydrogen) atoms. The van der Waals surface area contributed by atoms with E-state index in [1.165, 1.54) is 17.0 Å². The Kier molecular flexibility index (Phi) is 3.69. The minimum Gasteiger partial charge on any atom is -0.353 e. The Morgan fingerprint density at radius 1 is 1.40 bits per heavy atom. The van der Waals surface area contributed by atoms with E-state index in [1.54, 1.807) is 6.92 Å². The van der Waals surface area contributed by atoms with Gasteiger partial charge >= 0.3 is 6.18 Å². The fourth-order valence-corrected chi connectivity index (χ4v) is 2.05. The summed E-state index contributed by atoms with van der Waals surface area (Å²) in [6, 6.07) is 3.53. The summed E-state index contributed by atoms with van der Waals surface area (Å²) in [5, 5.41) is 2.59. The van der Waals surface area contributed by atoms with Crippen molar-refractivity contribution in [3.8, 4) is 0 Å². The quantitative estimate of drug-likeness (QED) is 0.853. The predicted molar refractivity (Wildman–Crippen MR) is 65.0 cm³/mol. The first kappa shape index (κ1) is 14.4.